The number of nitrogens with one attached hydrogen (secondary N) is 1. The monoisotopic (exact) mass is 227 g/mol. The van der Waals surface area contributed by atoms with Crippen molar-refractivity contribution in [1.82, 2.24) is 4.98 Å². The van der Waals surface area contributed by atoms with E-state index in [0.717, 1.165) is 0 Å². The maximum atomic E-state index is 11.5. The average Bonchev–Trinajstić information content (AvgIpc) is 2.54. The number of hydrogen-bond acceptors (Lipinski definition) is 4. The van der Waals surface area contributed by atoms with Gasteiger partial charge < -0.3 is 11.1 Å². The minimum Gasteiger partial charge on any atom is -0.369 e. The van der Waals surface area contributed by atoms with E-state index in [0.29, 0.717) is 5.13 Å². The molecular formula is C9H13N3O2S. The second-order valence-electron chi connectivity index (χ2n) is 3.81. The van der Waals surface area contributed by atoms with Crippen molar-refractivity contribution in [3.8, 4) is 0 Å². The zero-order valence-electron chi connectivity index (χ0n) is 8.61. The minimum atomic E-state index is -0.832. The highest BCUT2D eigenvalue weighted by atomic mass is 32.1. The second-order valence-corrected chi connectivity index (χ2v) is 4.70. The molecule has 3 N–H and O–H groups in total. The molecule has 0 saturated heterocycles. The standard InChI is InChI=1S/C9H13N3O2S/c1-9(2,7(10)14)5-6(13)12-8-11-3-4-15-8/h3-4H,5H2,1-2H3,(H2,10,14)(H,11,12,13). The van der Waals surface area contributed by atoms with Gasteiger partial charge in [0.1, 0.15) is 0 Å². The Hall–Kier alpha value is -1.43. The van der Waals surface area contributed by atoms with E-state index in [1.807, 2.05) is 0 Å². The van der Waals surface area contributed by atoms with Crippen LogP contribution in [0.25, 0.3) is 0 Å². The van der Waals surface area contributed by atoms with E-state index in [1.54, 1.807) is 25.4 Å². The van der Waals surface area contributed by atoms with Crippen LogP contribution in [-0.2, 0) is 9.59 Å². The van der Waals surface area contributed by atoms with Gasteiger partial charge >= 0.3 is 0 Å². The molecule has 0 radical (unpaired) electrons. The Balaban J connectivity index is 2.53. The normalized spacial score (nSPS) is 11.1. The number of anilines is 1. The average molecular weight is 227 g/mol. The number of aromatic nitrogens is 1. The van der Waals surface area contributed by atoms with Crippen molar-refractivity contribution in [1.29, 1.82) is 0 Å². The summed E-state index contributed by atoms with van der Waals surface area (Å²) >= 11 is 1.33. The molecule has 0 saturated carbocycles. The molecule has 82 valence electrons. The summed E-state index contributed by atoms with van der Waals surface area (Å²) in [7, 11) is 0. The highest BCUT2D eigenvalue weighted by Gasteiger charge is 2.28. The molecule has 0 aliphatic rings. The summed E-state index contributed by atoms with van der Waals surface area (Å²) in [5.41, 5.74) is 4.33. The van der Waals surface area contributed by atoms with Gasteiger partial charge in [-0.25, -0.2) is 4.98 Å². The Kier molecular flexibility index (Phi) is 3.41. The fourth-order valence-electron chi connectivity index (χ4n) is 0.937. The molecule has 0 fully saturated rings. The quantitative estimate of drug-likeness (QED) is 0.804. The van der Waals surface area contributed by atoms with E-state index in [9.17, 15) is 9.59 Å². The van der Waals surface area contributed by atoms with Crippen molar-refractivity contribution in [3.05, 3.63) is 11.6 Å². The summed E-state index contributed by atoms with van der Waals surface area (Å²) in [6.07, 6.45) is 1.65. The van der Waals surface area contributed by atoms with E-state index in [1.165, 1.54) is 11.3 Å². The van der Waals surface area contributed by atoms with E-state index in [-0.39, 0.29) is 12.3 Å². The van der Waals surface area contributed by atoms with Gasteiger partial charge in [0.05, 0.1) is 5.41 Å². The molecule has 0 aliphatic carbocycles. The molecule has 0 atom stereocenters. The largest absolute Gasteiger partial charge is 0.369 e. The van der Waals surface area contributed by atoms with Crippen molar-refractivity contribution >= 4 is 28.3 Å². The predicted octanol–water partition coefficient (Wildman–Crippen LogP) is 0.983. The topological polar surface area (TPSA) is 85.1 Å². The number of primary amides is 1. The summed E-state index contributed by atoms with van der Waals surface area (Å²) < 4.78 is 0. The third-order valence-corrected chi connectivity index (χ3v) is 2.64. The lowest BCUT2D eigenvalue weighted by molar-refractivity contribution is -0.130. The molecule has 1 rings (SSSR count). The molecule has 0 aliphatic heterocycles. The third kappa shape index (κ3) is 3.32. The van der Waals surface area contributed by atoms with Crippen LogP contribution in [0.15, 0.2) is 11.6 Å². The van der Waals surface area contributed by atoms with Gasteiger partial charge in [0.15, 0.2) is 5.13 Å². The molecule has 2 amide bonds. The third-order valence-electron chi connectivity index (χ3n) is 1.95. The number of hydrogen-bond donors (Lipinski definition) is 2. The minimum absolute atomic E-state index is 0.0575. The Morgan fingerprint density at radius 3 is 2.73 bits per heavy atom. The number of nitrogens with two attached hydrogens (primary N) is 1. The first-order valence-corrected chi connectivity index (χ1v) is 5.29. The van der Waals surface area contributed by atoms with Crippen LogP contribution in [0.3, 0.4) is 0 Å². The van der Waals surface area contributed by atoms with Crippen LogP contribution in [0.1, 0.15) is 20.3 Å². The molecule has 1 aromatic heterocycles. The molecule has 0 spiro atoms. The van der Waals surface area contributed by atoms with Gasteiger partial charge in [-0.05, 0) is 0 Å². The molecule has 15 heavy (non-hydrogen) atoms. The van der Waals surface area contributed by atoms with Crippen molar-refractivity contribution in [3.63, 3.8) is 0 Å². The summed E-state index contributed by atoms with van der Waals surface area (Å²) in [5, 5.41) is 4.88. The Bertz CT molecular complexity index is 359. The second kappa shape index (κ2) is 4.39. The van der Waals surface area contributed by atoms with Gasteiger partial charge in [0, 0.05) is 18.0 Å². The summed E-state index contributed by atoms with van der Waals surface area (Å²) in [5.74, 6) is -0.745. The predicted molar refractivity (Wildman–Crippen MR) is 58.3 cm³/mol. The molecule has 0 unspecified atom stereocenters. The van der Waals surface area contributed by atoms with Crippen LogP contribution in [-0.4, -0.2) is 16.8 Å². The van der Waals surface area contributed by atoms with Crippen LogP contribution >= 0.6 is 11.3 Å². The smallest absolute Gasteiger partial charge is 0.227 e. The lowest BCUT2D eigenvalue weighted by atomic mass is 9.88. The van der Waals surface area contributed by atoms with Crippen LogP contribution in [0, 0.1) is 5.41 Å². The summed E-state index contributed by atoms with van der Waals surface area (Å²) in [4.78, 5) is 26.4. The zero-order valence-corrected chi connectivity index (χ0v) is 9.43. The van der Waals surface area contributed by atoms with E-state index in [2.05, 4.69) is 10.3 Å². The Morgan fingerprint density at radius 2 is 2.27 bits per heavy atom. The molecule has 0 aromatic carbocycles. The van der Waals surface area contributed by atoms with E-state index in [4.69, 9.17) is 5.73 Å². The van der Waals surface area contributed by atoms with Crippen molar-refractivity contribution in [2.45, 2.75) is 20.3 Å². The van der Waals surface area contributed by atoms with Gasteiger partial charge in [-0.1, -0.05) is 13.8 Å². The van der Waals surface area contributed by atoms with Crippen LogP contribution in [0.2, 0.25) is 0 Å². The fourth-order valence-corrected chi connectivity index (χ4v) is 1.48. The van der Waals surface area contributed by atoms with E-state index >= 15 is 0 Å². The fraction of sp³-hybridized carbons (Fsp3) is 0.444. The number of amides is 2. The van der Waals surface area contributed by atoms with Crippen LogP contribution in [0.4, 0.5) is 5.13 Å². The first-order chi connectivity index (χ1) is 6.92. The summed E-state index contributed by atoms with van der Waals surface area (Å²) in [6.45, 7) is 3.27. The maximum Gasteiger partial charge on any atom is 0.227 e. The van der Waals surface area contributed by atoms with Crippen LogP contribution in [0.5, 0.6) is 0 Å². The number of thiazole rings is 1. The number of carbonyl (C=O) groups excluding carboxylic acids is 2. The molecule has 0 bridgehead atoms. The Labute approximate surface area is 91.7 Å². The lowest BCUT2D eigenvalue weighted by Gasteiger charge is -2.18. The summed E-state index contributed by atoms with van der Waals surface area (Å²) in [6, 6.07) is 0. The van der Waals surface area contributed by atoms with Gasteiger partial charge in [-0.3, -0.25) is 9.59 Å². The first kappa shape index (κ1) is 11.6. The highest BCUT2D eigenvalue weighted by Crippen LogP contribution is 2.20. The molecule has 6 heteroatoms. The number of rotatable bonds is 4. The molecule has 1 heterocycles. The molecular weight excluding hydrogens is 214 g/mol. The van der Waals surface area contributed by atoms with Crippen molar-refractivity contribution in [2.75, 3.05) is 5.32 Å². The zero-order chi connectivity index (χ0) is 11.5. The number of nitrogens with zero attached hydrogens (tertiary/aromatic N) is 1. The molecule has 5 nitrogen and oxygen atoms in total. The van der Waals surface area contributed by atoms with E-state index < -0.39 is 11.3 Å². The maximum absolute atomic E-state index is 11.5. The van der Waals surface area contributed by atoms with Crippen molar-refractivity contribution < 1.29 is 9.59 Å². The lowest BCUT2D eigenvalue weighted by Crippen LogP contribution is -2.35. The first-order valence-electron chi connectivity index (χ1n) is 4.41. The molecule has 1 aromatic rings. The number of carbonyl (C=O) groups is 2. The van der Waals surface area contributed by atoms with Gasteiger partial charge in [0.25, 0.3) is 0 Å². The van der Waals surface area contributed by atoms with Gasteiger partial charge in [-0.15, -0.1) is 11.3 Å². The van der Waals surface area contributed by atoms with Crippen LogP contribution < -0.4 is 11.1 Å². The van der Waals surface area contributed by atoms with Gasteiger partial charge in [0.2, 0.25) is 11.8 Å². The SMILES string of the molecule is CC(C)(CC(=O)Nc1nccs1)C(N)=O. The highest BCUT2D eigenvalue weighted by molar-refractivity contribution is 7.13. The van der Waals surface area contributed by atoms with Crippen molar-refractivity contribution in [2.24, 2.45) is 11.1 Å². The Morgan fingerprint density at radius 1 is 1.60 bits per heavy atom. The van der Waals surface area contributed by atoms with Gasteiger partial charge in [-0.2, -0.15) is 0 Å².